The van der Waals surface area contributed by atoms with E-state index in [1.165, 1.54) is 23.3 Å². The highest BCUT2D eigenvalue weighted by Gasteiger charge is 2.36. The van der Waals surface area contributed by atoms with E-state index in [4.69, 9.17) is 21.3 Å². The van der Waals surface area contributed by atoms with Crippen molar-refractivity contribution in [3.05, 3.63) is 80.9 Å². The molecule has 3 heterocycles. The van der Waals surface area contributed by atoms with Crippen molar-refractivity contribution in [1.82, 2.24) is 9.88 Å². The van der Waals surface area contributed by atoms with Gasteiger partial charge in [0.05, 0.1) is 11.3 Å². The van der Waals surface area contributed by atoms with Gasteiger partial charge in [-0.3, -0.25) is 9.88 Å². The van der Waals surface area contributed by atoms with Crippen LogP contribution in [0, 0.1) is 25.1 Å². The fourth-order valence-electron chi connectivity index (χ4n) is 6.55. The Morgan fingerprint density at radius 1 is 1.07 bits per heavy atom. The number of pyridine rings is 1. The largest absolute Gasteiger partial charge is 0.479 e. The number of hydrogen-bond acceptors (Lipinski definition) is 5. The lowest BCUT2D eigenvalue weighted by molar-refractivity contribution is -0.160. The Labute approximate surface area is 266 Å². The van der Waals surface area contributed by atoms with Crippen LogP contribution in [0.15, 0.2) is 36.4 Å². The number of aliphatic carboxylic acids is 1. The number of nitrogens with zero attached hydrogens (tertiary/aromatic N) is 3. The second kappa shape index (κ2) is 12.4. The fourth-order valence-corrected chi connectivity index (χ4v) is 6.77. The molecule has 2 aromatic carbocycles. The van der Waals surface area contributed by atoms with Gasteiger partial charge in [0.25, 0.3) is 0 Å². The van der Waals surface area contributed by atoms with E-state index in [9.17, 15) is 14.3 Å². The number of carbonyl (C=O) groups is 1. The van der Waals surface area contributed by atoms with E-state index in [0.717, 1.165) is 73.5 Å². The van der Waals surface area contributed by atoms with Crippen LogP contribution >= 0.6 is 11.6 Å². The van der Waals surface area contributed by atoms with Crippen LogP contribution in [0.3, 0.4) is 0 Å². The molecule has 5 rings (SSSR count). The molecule has 0 spiro atoms. The van der Waals surface area contributed by atoms with Crippen molar-refractivity contribution in [2.24, 2.45) is 5.41 Å². The number of rotatable bonds is 7. The fraction of sp³-hybridized carbons (Fsp3) is 0.500. The van der Waals surface area contributed by atoms with Gasteiger partial charge < -0.3 is 14.7 Å². The maximum Gasteiger partial charge on any atom is 0.337 e. The Kier molecular flexibility index (Phi) is 9.14. The van der Waals surface area contributed by atoms with Crippen molar-refractivity contribution in [2.75, 3.05) is 24.5 Å². The minimum Gasteiger partial charge on any atom is -0.479 e. The van der Waals surface area contributed by atoms with Crippen LogP contribution in [0.4, 0.5) is 10.1 Å². The number of anilines is 1. The van der Waals surface area contributed by atoms with Gasteiger partial charge in [-0.25, -0.2) is 9.18 Å². The Morgan fingerprint density at radius 3 is 2.41 bits per heavy atom. The van der Waals surface area contributed by atoms with Gasteiger partial charge in [0.1, 0.15) is 5.82 Å². The van der Waals surface area contributed by atoms with Crippen LogP contribution in [0.25, 0.3) is 11.1 Å². The summed E-state index contributed by atoms with van der Waals surface area (Å²) in [6, 6.07) is 11.2. The summed E-state index contributed by atoms with van der Waals surface area (Å²) in [7, 11) is 0. The molecule has 0 bridgehead atoms. The molecule has 1 saturated heterocycles. The van der Waals surface area contributed by atoms with Crippen molar-refractivity contribution >= 4 is 23.3 Å². The molecule has 0 amide bonds. The summed E-state index contributed by atoms with van der Waals surface area (Å²) in [6.07, 6.45) is 1.76. The maximum atomic E-state index is 13.6. The van der Waals surface area contributed by atoms with Gasteiger partial charge in [0.2, 0.25) is 0 Å². The third-order valence-electron chi connectivity index (χ3n) is 8.97. The van der Waals surface area contributed by atoms with Gasteiger partial charge in [-0.1, -0.05) is 49.7 Å². The van der Waals surface area contributed by atoms with Crippen molar-refractivity contribution in [3.8, 4) is 11.1 Å². The number of carboxylic acids is 1. The lowest BCUT2D eigenvalue weighted by Crippen LogP contribution is -2.39. The molecule has 6 nitrogen and oxygen atoms in total. The van der Waals surface area contributed by atoms with E-state index in [2.05, 4.69) is 41.8 Å². The Bertz CT molecular complexity index is 1560. The summed E-state index contributed by atoms with van der Waals surface area (Å²) >= 11 is 6.33. The second-order valence-electron chi connectivity index (χ2n) is 14.2. The van der Waals surface area contributed by atoms with E-state index in [-0.39, 0.29) is 11.2 Å². The van der Waals surface area contributed by atoms with E-state index in [1.54, 1.807) is 6.07 Å². The third kappa shape index (κ3) is 7.11. The van der Waals surface area contributed by atoms with Crippen molar-refractivity contribution in [2.45, 2.75) is 92.5 Å². The summed E-state index contributed by atoms with van der Waals surface area (Å²) in [5.41, 5.74) is 8.20. The number of benzene rings is 2. The highest BCUT2D eigenvalue weighted by Crippen LogP contribution is 2.45. The van der Waals surface area contributed by atoms with Crippen LogP contribution < -0.4 is 4.90 Å². The zero-order valence-electron chi connectivity index (χ0n) is 27.1. The standard InChI is InChI=1S/C36H45ClFN3O3/c1-22-30(25-8-9-26-20-40(15-12-24(26)18-25)21-27-10-11-28(38)19-29(27)37)32(41-16-13-36(6,7)14-17-41)31(23(2)39-22)33(34(42)43)44-35(3,4)5/h8-11,18-19,33H,12-17,20-21H2,1-7H3,(H,42,43)/t33-/m0/s1. The van der Waals surface area contributed by atoms with Gasteiger partial charge >= 0.3 is 5.97 Å². The number of aryl methyl sites for hydroxylation is 2. The molecule has 1 N–H and O–H groups in total. The van der Waals surface area contributed by atoms with Crippen molar-refractivity contribution < 1.29 is 19.0 Å². The predicted molar refractivity (Wildman–Crippen MR) is 175 cm³/mol. The Balaban J connectivity index is 1.56. The average molecular weight is 622 g/mol. The van der Waals surface area contributed by atoms with E-state index in [1.807, 2.05) is 34.6 Å². The summed E-state index contributed by atoms with van der Waals surface area (Å²) < 4.78 is 19.8. The quantitative estimate of drug-likeness (QED) is 0.286. The number of piperidine rings is 1. The SMILES string of the molecule is Cc1nc(C)c([C@H](OC(C)(C)C)C(=O)O)c(N2CCC(C)(C)CC2)c1-c1ccc2c(c1)CCN(Cc1ccc(F)cc1Cl)C2. The number of halogens is 2. The van der Waals surface area contributed by atoms with Crippen LogP contribution in [-0.2, 0) is 29.0 Å². The predicted octanol–water partition coefficient (Wildman–Crippen LogP) is 8.28. The first kappa shape index (κ1) is 32.4. The van der Waals surface area contributed by atoms with Crippen LogP contribution in [0.5, 0.6) is 0 Å². The van der Waals surface area contributed by atoms with Crippen molar-refractivity contribution in [3.63, 3.8) is 0 Å². The first-order valence-electron chi connectivity index (χ1n) is 15.6. The van der Waals surface area contributed by atoms with Gasteiger partial charge in [-0.05, 0) is 93.7 Å². The van der Waals surface area contributed by atoms with Crippen LogP contribution in [-0.4, -0.2) is 46.2 Å². The Morgan fingerprint density at radius 2 is 1.77 bits per heavy atom. The topological polar surface area (TPSA) is 65.9 Å². The molecular weight excluding hydrogens is 577 g/mol. The molecule has 2 aliphatic rings. The highest BCUT2D eigenvalue weighted by atomic mass is 35.5. The minimum atomic E-state index is -1.14. The molecule has 0 radical (unpaired) electrons. The molecule has 0 saturated carbocycles. The first-order chi connectivity index (χ1) is 20.6. The summed E-state index contributed by atoms with van der Waals surface area (Å²) in [5, 5.41) is 10.9. The van der Waals surface area contributed by atoms with Crippen LogP contribution in [0.2, 0.25) is 5.02 Å². The summed E-state index contributed by atoms with van der Waals surface area (Å²) in [5.74, 6) is -1.34. The van der Waals surface area contributed by atoms with E-state index < -0.39 is 17.7 Å². The van der Waals surface area contributed by atoms with Crippen molar-refractivity contribution in [1.29, 1.82) is 0 Å². The number of hydrogen-bond donors (Lipinski definition) is 1. The molecule has 8 heteroatoms. The molecule has 3 aromatic rings. The van der Waals surface area contributed by atoms with E-state index in [0.29, 0.717) is 22.8 Å². The second-order valence-corrected chi connectivity index (χ2v) is 14.6. The number of aromatic nitrogens is 1. The zero-order valence-corrected chi connectivity index (χ0v) is 27.8. The number of carboxylic acid groups (broad SMARTS) is 1. The summed E-state index contributed by atoms with van der Waals surface area (Å²) in [6.45, 7) is 18.2. The molecule has 0 aliphatic carbocycles. The molecule has 1 aromatic heterocycles. The van der Waals surface area contributed by atoms with Gasteiger partial charge in [0.15, 0.2) is 6.10 Å². The average Bonchev–Trinajstić information content (AvgIpc) is 2.92. The van der Waals surface area contributed by atoms with Crippen LogP contribution in [0.1, 0.15) is 87.2 Å². The maximum absolute atomic E-state index is 13.6. The number of fused-ring (bicyclic) bond motifs is 1. The van der Waals surface area contributed by atoms with Gasteiger partial charge in [-0.2, -0.15) is 0 Å². The van der Waals surface area contributed by atoms with Gasteiger partial charge in [0, 0.05) is 60.3 Å². The molecule has 1 atom stereocenters. The zero-order chi connectivity index (χ0) is 32.0. The normalized spacial score (nSPS) is 17.8. The summed E-state index contributed by atoms with van der Waals surface area (Å²) in [4.78, 5) is 22.4. The van der Waals surface area contributed by atoms with E-state index >= 15 is 0 Å². The molecule has 1 fully saturated rings. The Hall–Kier alpha value is -3.00. The molecule has 0 unspecified atom stereocenters. The smallest absolute Gasteiger partial charge is 0.337 e. The molecule has 44 heavy (non-hydrogen) atoms. The molecule has 2 aliphatic heterocycles. The first-order valence-corrected chi connectivity index (χ1v) is 15.9. The minimum absolute atomic E-state index is 0.234. The molecule has 236 valence electrons. The molecular formula is C36H45ClFN3O3. The monoisotopic (exact) mass is 621 g/mol. The third-order valence-corrected chi connectivity index (χ3v) is 9.32. The highest BCUT2D eigenvalue weighted by molar-refractivity contribution is 6.31. The number of ether oxygens (including phenoxy) is 1. The lowest BCUT2D eigenvalue weighted by Gasteiger charge is -2.41. The van der Waals surface area contributed by atoms with Gasteiger partial charge in [-0.15, -0.1) is 0 Å². The lowest BCUT2D eigenvalue weighted by atomic mass is 9.81.